The van der Waals surface area contributed by atoms with Gasteiger partial charge in [-0.25, -0.2) is 0 Å². The summed E-state index contributed by atoms with van der Waals surface area (Å²) in [7, 11) is 0. The minimum absolute atomic E-state index is 0.128. The molecule has 8 rings (SSSR count). The Morgan fingerprint density at radius 1 is 0.442 bits per heavy atom. The van der Waals surface area contributed by atoms with Crippen LogP contribution in [0.1, 0.15) is 22.3 Å². The van der Waals surface area contributed by atoms with Crippen molar-refractivity contribution >= 4 is 57.2 Å². The van der Waals surface area contributed by atoms with E-state index in [0.29, 0.717) is 0 Å². The van der Waals surface area contributed by atoms with Gasteiger partial charge in [0.1, 0.15) is 0 Å². The van der Waals surface area contributed by atoms with Gasteiger partial charge in [0.15, 0.2) is 0 Å². The minimum atomic E-state index is 0.128. The third-order valence-corrected chi connectivity index (χ3v) is 9.23. The second kappa shape index (κ2) is 9.78. The van der Waals surface area contributed by atoms with Crippen LogP contribution in [0.3, 0.4) is 0 Å². The standard InChI is InChI=1S/C40H33BN2/c1-26-22-29(4)39-35(23-26)43(32-18-9-6-10-19-32)37-25-30(38-27(2)14-13-15-28(38)3)24-36-40(37)41(39)33-20-11-12-21-34(33)42(36)31-16-7-5-8-17-31/h5-25H,1-4H3. The van der Waals surface area contributed by atoms with E-state index in [2.05, 4.69) is 165 Å². The summed E-state index contributed by atoms with van der Waals surface area (Å²) in [4.78, 5) is 5.00. The van der Waals surface area contributed by atoms with Crippen LogP contribution in [0.25, 0.3) is 11.1 Å². The second-order valence-electron chi connectivity index (χ2n) is 12.0. The van der Waals surface area contributed by atoms with Crippen molar-refractivity contribution in [2.75, 3.05) is 9.80 Å². The van der Waals surface area contributed by atoms with E-state index in [0.717, 1.165) is 0 Å². The number of hydrogen-bond acceptors (Lipinski definition) is 2. The molecule has 2 heterocycles. The molecular weight excluding hydrogens is 519 g/mol. The average Bonchev–Trinajstić information content (AvgIpc) is 3.01. The molecule has 3 heteroatoms. The van der Waals surface area contributed by atoms with Crippen LogP contribution in [0, 0.1) is 27.7 Å². The van der Waals surface area contributed by atoms with Gasteiger partial charge in [0, 0.05) is 34.1 Å². The zero-order chi connectivity index (χ0) is 29.2. The molecule has 0 radical (unpaired) electrons. The summed E-state index contributed by atoms with van der Waals surface area (Å²) in [5, 5.41) is 0. The number of para-hydroxylation sites is 3. The molecular formula is C40H33BN2. The molecule has 0 amide bonds. The molecule has 43 heavy (non-hydrogen) atoms. The van der Waals surface area contributed by atoms with E-state index >= 15 is 0 Å². The molecule has 2 aliphatic heterocycles. The Morgan fingerprint density at radius 3 is 1.60 bits per heavy atom. The summed E-state index contributed by atoms with van der Waals surface area (Å²) >= 11 is 0. The van der Waals surface area contributed by atoms with Crippen LogP contribution in [0.15, 0.2) is 127 Å². The predicted molar refractivity (Wildman–Crippen MR) is 185 cm³/mol. The summed E-state index contributed by atoms with van der Waals surface area (Å²) in [5.74, 6) is 0. The van der Waals surface area contributed by atoms with Crippen LogP contribution in [0.5, 0.6) is 0 Å². The van der Waals surface area contributed by atoms with Crippen LogP contribution < -0.4 is 26.2 Å². The summed E-state index contributed by atoms with van der Waals surface area (Å²) in [6.07, 6.45) is 0. The zero-order valence-corrected chi connectivity index (χ0v) is 25.1. The summed E-state index contributed by atoms with van der Waals surface area (Å²) in [6.45, 7) is 9.10. The number of hydrogen-bond donors (Lipinski definition) is 0. The molecule has 0 aliphatic carbocycles. The number of aryl methyl sites for hydroxylation is 4. The quantitative estimate of drug-likeness (QED) is 0.202. The largest absolute Gasteiger partial charge is 0.311 e. The van der Waals surface area contributed by atoms with Gasteiger partial charge in [-0.2, -0.15) is 0 Å². The first-order valence-electron chi connectivity index (χ1n) is 15.2. The highest BCUT2D eigenvalue weighted by atomic mass is 15.2. The monoisotopic (exact) mass is 552 g/mol. The lowest BCUT2D eigenvalue weighted by Gasteiger charge is -2.45. The third-order valence-electron chi connectivity index (χ3n) is 9.23. The first-order valence-corrected chi connectivity index (χ1v) is 15.2. The Kier molecular flexibility index (Phi) is 5.84. The van der Waals surface area contributed by atoms with E-state index in [9.17, 15) is 0 Å². The van der Waals surface area contributed by atoms with Crippen molar-refractivity contribution < 1.29 is 0 Å². The van der Waals surface area contributed by atoms with Gasteiger partial charge in [0.05, 0.1) is 0 Å². The lowest BCUT2D eigenvalue weighted by Crippen LogP contribution is -2.62. The van der Waals surface area contributed by atoms with Crippen molar-refractivity contribution in [3.8, 4) is 11.1 Å². The molecule has 0 bridgehead atoms. The van der Waals surface area contributed by atoms with Crippen molar-refractivity contribution in [1.29, 1.82) is 0 Å². The SMILES string of the molecule is Cc1cc(C)c2c(c1)N(c1ccccc1)c1cc(-c3c(C)cccc3C)cc3c1B2c1ccccc1N3c1ccccc1. The summed E-state index contributed by atoms with van der Waals surface area (Å²) in [5.41, 5.74) is 19.2. The average molecular weight is 553 g/mol. The van der Waals surface area contributed by atoms with Crippen LogP contribution in [0.2, 0.25) is 0 Å². The van der Waals surface area contributed by atoms with Gasteiger partial charge < -0.3 is 9.80 Å². The number of anilines is 6. The third kappa shape index (κ3) is 3.88. The Labute approximate surface area is 255 Å². The molecule has 6 aromatic rings. The van der Waals surface area contributed by atoms with Gasteiger partial charge in [-0.1, -0.05) is 84.4 Å². The number of benzene rings is 6. The molecule has 0 saturated heterocycles. The fourth-order valence-electron chi connectivity index (χ4n) is 7.58. The van der Waals surface area contributed by atoms with E-state index in [1.165, 1.54) is 83.9 Å². The topological polar surface area (TPSA) is 6.48 Å². The van der Waals surface area contributed by atoms with Crippen LogP contribution in [0.4, 0.5) is 34.1 Å². The normalized spacial score (nSPS) is 13.0. The Bertz CT molecular complexity index is 2010. The molecule has 206 valence electrons. The van der Waals surface area contributed by atoms with E-state index in [4.69, 9.17) is 0 Å². The van der Waals surface area contributed by atoms with E-state index in [1.54, 1.807) is 0 Å². The maximum atomic E-state index is 2.51. The van der Waals surface area contributed by atoms with Crippen molar-refractivity contribution in [2.24, 2.45) is 0 Å². The van der Waals surface area contributed by atoms with Crippen molar-refractivity contribution in [1.82, 2.24) is 0 Å². The van der Waals surface area contributed by atoms with Crippen LogP contribution in [-0.2, 0) is 0 Å². The summed E-state index contributed by atoms with van der Waals surface area (Å²) < 4.78 is 0. The number of rotatable bonds is 3. The molecule has 0 atom stereocenters. The Hall–Kier alpha value is -5.02. The van der Waals surface area contributed by atoms with Gasteiger partial charge >= 0.3 is 0 Å². The minimum Gasteiger partial charge on any atom is -0.311 e. The molecule has 2 aliphatic rings. The highest BCUT2D eigenvalue weighted by Crippen LogP contribution is 2.46. The smallest absolute Gasteiger partial charge is 0.252 e. The van der Waals surface area contributed by atoms with Gasteiger partial charge in [-0.05, 0) is 120 Å². The van der Waals surface area contributed by atoms with Gasteiger partial charge in [0.2, 0.25) is 0 Å². The Morgan fingerprint density at radius 2 is 0.977 bits per heavy atom. The van der Waals surface area contributed by atoms with E-state index in [1.807, 2.05) is 0 Å². The number of fused-ring (bicyclic) bond motifs is 4. The fourth-order valence-corrected chi connectivity index (χ4v) is 7.58. The van der Waals surface area contributed by atoms with Gasteiger partial charge in [0.25, 0.3) is 6.71 Å². The Balaban J connectivity index is 1.55. The number of nitrogens with zero attached hydrogens (tertiary/aromatic N) is 2. The maximum absolute atomic E-state index is 2.51. The van der Waals surface area contributed by atoms with E-state index in [-0.39, 0.29) is 6.71 Å². The van der Waals surface area contributed by atoms with Crippen molar-refractivity contribution in [2.45, 2.75) is 27.7 Å². The summed E-state index contributed by atoms with van der Waals surface area (Å²) in [6, 6.07) is 47.0. The molecule has 0 unspecified atom stereocenters. The first-order chi connectivity index (χ1) is 21.0. The molecule has 0 aromatic heterocycles. The highest BCUT2D eigenvalue weighted by molar-refractivity contribution is 7.00. The highest BCUT2D eigenvalue weighted by Gasteiger charge is 2.44. The molecule has 6 aromatic carbocycles. The van der Waals surface area contributed by atoms with Gasteiger partial charge in [-0.3, -0.25) is 0 Å². The van der Waals surface area contributed by atoms with Crippen molar-refractivity contribution in [3.05, 3.63) is 150 Å². The van der Waals surface area contributed by atoms with Crippen LogP contribution >= 0.6 is 0 Å². The maximum Gasteiger partial charge on any atom is 0.252 e. The van der Waals surface area contributed by atoms with E-state index < -0.39 is 0 Å². The molecule has 0 fully saturated rings. The second-order valence-corrected chi connectivity index (χ2v) is 12.0. The predicted octanol–water partition coefficient (Wildman–Crippen LogP) is 8.67. The van der Waals surface area contributed by atoms with Crippen LogP contribution in [-0.4, -0.2) is 6.71 Å². The zero-order valence-electron chi connectivity index (χ0n) is 25.1. The molecule has 0 saturated carbocycles. The molecule has 0 spiro atoms. The van der Waals surface area contributed by atoms with Crippen molar-refractivity contribution in [3.63, 3.8) is 0 Å². The lowest BCUT2D eigenvalue weighted by atomic mass is 9.32. The van der Waals surface area contributed by atoms with Gasteiger partial charge in [-0.15, -0.1) is 0 Å². The molecule has 2 nitrogen and oxygen atoms in total. The lowest BCUT2D eigenvalue weighted by molar-refractivity contribution is 1.24. The molecule has 0 N–H and O–H groups in total. The first kappa shape index (κ1) is 25.7. The fraction of sp³-hybridized carbons (Fsp3) is 0.100.